The second-order valence-corrected chi connectivity index (χ2v) is 6.16. The van der Waals surface area contributed by atoms with Crippen LogP contribution in [-0.4, -0.2) is 11.8 Å². The highest BCUT2D eigenvalue weighted by molar-refractivity contribution is 6.28. The predicted octanol–water partition coefficient (Wildman–Crippen LogP) is 4.50. The Morgan fingerprint density at radius 1 is 0.800 bits per heavy atom. The summed E-state index contributed by atoms with van der Waals surface area (Å²) in [5.74, 6) is -3.13. The van der Waals surface area contributed by atoms with Gasteiger partial charge in [-0.2, -0.15) is 5.26 Å². The molecule has 0 radical (unpaired) electrons. The first kappa shape index (κ1) is 20.4. The zero-order valence-corrected chi connectivity index (χ0v) is 15.5. The maximum Gasteiger partial charge on any atom is 0.261 e. The van der Waals surface area contributed by atoms with Gasteiger partial charge in [-0.3, -0.25) is 9.59 Å². The Labute approximate surface area is 171 Å². The number of nitrogens with one attached hydrogen (secondary N) is 2. The smallest absolute Gasteiger partial charge is 0.261 e. The molecule has 3 aromatic carbocycles. The summed E-state index contributed by atoms with van der Waals surface area (Å²) in [6.45, 7) is 0. The SMILES string of the molecule is N#Cc1cccc(C=C(C(=O)Nc2ccccc2F)C(=O)Nc2ccccc2F)c1. The Morgan fingerprint density at radius 3 is 1.83 bits per heavy atom. The number of rotatable bonds is 5. The van der Waals surface area contributed by atoms with Crippen molar-refractivity contribution in [1.82, 2.24) is 0 Å². The van der Waals surface area contributed by atoms with Crippen molar-refractivity contribution >= 4 is 29.3 Å². The number of amides is 2. The first-order valence-corrected chi connectivity index (χ1v) is 8.81. The van der Waals surface area contributed by atoms with Gasteiger partial charge in [0, 0.05) is 0 Å². The molecule has 0 heterocycles. The highest BCUT2D eigenvalue weighted by Crippen LogP contribution is 2.18. The lowest BCUT2D eigenvalue weighted by Crippen LogP contribution is -2.26. The van der Waals surface area contributed by atoms with Crippen LogP contribution >= 0.6 is 0 Å². The summed E-state index contributed by atoms with van der Waals surface area (Å²) in [5, 5.41) is 13.7. The number of nitrogens with zero attached hydrogens (tertiary/aromatic N) is 1. The minimum Gasteiger partial charge on any atom is -0.319 e. The summed E-state index contributed by atoms with van der Waals surface area (Å²) in [6, 6.07) is 19.2. The number of hydrogen-bond acceptors (Lipinski definition) is 3. The van der Waals surface area contributed by atoms with E-state index in [4.69, 9.17) is 5.26 Å². The topological polar surface area (TPSA) is 82.0 Å². The van der Waals surface area contributed by atoms with Crippen molar-refractivity contribution in [3.05, 3.63) is 101 Å². The highest BCUT2D eigenvalue weighted by atomic mass is 19.1. The molecule has 2 N–H and O–H groups in total. The van der Waals surface area contributed by atoms with Gasteiger partial charge in [0.15, 0.2) is 0 Å². The number of benzene rings is 3. The van der Waals surface area contributed by atoms with Gasteiger partial charge >= 0.3 is 0 Å². The fourth-order valence-corrected chi connectivity index (χ4v) is 2.60. The largest absolute Gasteiger partial charge is 0.319 e. The molecule has 30 heavy (non-hydrogen) atoms. The van der Waals surface area contributed by atoms with Gasteiger partial charge in [-0.15, -0.1) is 0 Å². The van der Waals surface area contributed by atoms with E-state index in [1.54, 1.807) is 18.2 Å². The Hall–Kier alpha value is -4.31. The zero-order chi connectivity index (χ0) is 21.5. The predicted molar refractivity (Wildman–Crippen MR) is 109 cm³/mol. The summed E-state index contributed by atoms with van der Waals surface area (Å²) in [6.07, 6.45) is 1.24. The standard InChI is InChI=1S/C23H15F2N3O2/c24-18-8-1-3-10-20(18)27-22(29)17(13-15-6-5-7-16(12-15)14-26)23(30)28-21-11-4-2-9-19(21)25/h1-13H,(H,27,29)(H,28,30). The molecule has 0 aliphatic carbocycles. The molecule has 0 atom stereocenters. The van der Waals surface area contributed by atoms with Gasteiger partial charge in [0.05, 0.1) is 23.0 Å². The average molecular weight is 403 g/mol. The molecule has 0 bridgehead atoms. The molecule has 0 aliphatic rings. The van der Waals surface area contributed by atoms with Gasteiger partial charge in [-0.05, 0) is 48.0 Å². The molecular weight excluding hydrogens is 388 g/mol. The maximum absolute atomic E-state index is 13.9. The zero-order valence-electron chi connectivity index (χ0n) is 15.5. The fourth-order valence-electron chi connectivity index (χ4n) is 2.60. The first-order valence-electron chi connectivity index (χ1n) is 8.81. The Balaban J connectivity index is 1.97. The van der Waals surface area contributed by atoms with Crippen molar-refractivity contribution in [3.8, 4) is 6.07 Å². The normalized spacial score (nSPS) is 9.90. The van der Waals surface area contributed by atoms with Crippen LogP contribution < -0.4 is 10.6 Å². The third-order valence-electron chi connectivity index (χ3n) is 4.06. The van der Waals surface area contributed by atoms with E-state index in [1.165, 1.54) is 48.5 Å². The molecule has 0 saturated heterocycles. The number of hydrogen-bond donors (Lipinski definition) is 2. The summed E-state index contributed by atoms with van der Waals surface area (Å²) >= 11 is 0. The maximum atomic E-state index is 13.9. The van der Waals surface area contributed by atoms with E-state index in [0.29, 0.717) is 11.1 Å². The summed E-state index contributed by atoms with van der Waals surface area (Å²) in [7, 11) is 0. The number of para-hydroxylation sites is 2. The van der Waals surface area contributed by atoms with Crippen LogP contribution in [0.15, 0.2) is 78.4 Å². The molecule has 3 aromatic rings. The number of nitriles is 1. The van der Waals surface area contributed by atoms with Crippen molar-refractivity contribution in [3.63, 3.8) is 0 Å². The molecule has 0 unspecified atom stereocenters. The second kappa shape index (κ2) is 9.26. The van der Waals surface area contributed by atoms with Gasteiger partial charge in [-0.1, -0.05) is 36.4 Å². The number of carbonyl (C=O) groups excluding carboxylic acids is 2. The summed E-state index contributed by atoms with van der Waals surface area (Å²) < 4.78 is 27.8. The van der Waals surface area contributed by atoms with Crippen LogP contribution in [-0.2, 0) is 9.59 Å². The Kier molecular flexibility index (Phi) is 6.30. The van der Waals surface area contributed by atoms with Crippen molar-refractivity contribution < 1.29 is 18.4 Å². The number of anilines is 2. The van der Waals surface area contributed by atoms with Gasteiger partial charge in [-0.25, -0.2) is 8.78 Å². The first-order chi connectivity index (χ1) is 14.5. The summed E-state index contributed by atoms with van der Waals surface area (Å²) in [4.78, 5) is 25.5. The molecular formula is C23H15F2N3O2. The molecule has 0 aromatic heterocycles. The third kappa shape index (κ3) is 4.94. The van der Waals surface area contributed by atoms with Gasteiger partial charge in [0.2, 0.25) is 0 Å². The Morgan fingerprint density at radius 2 is 1.33 bits per heavy atom. The lowest BCUT2D eigenvalue weighted by atomic mass is 10.1. The summed E-state index contributed by atoms with van der Waals surface area (Å²) in [5.41, 5.74) is 0.107. The van der Waals surface area contributed by atoms with E-state index >= 15 is 0 Å². The highest BCUT2D eigenvalue weighted by Gasteiger charge is 2.21. The van der Waals surface area contributed by atoms with Crippen molar-refractivity contribution in [1.29, 1.82) is 5.26 Å². The van der Waals surface area contributed by atoms with Crippen LogP contribution in [0.2, 0.25) is 0 Å². The van der Waals surface area contributed by atoms with E-state index in [2.05, 4.69) is 10.6 Å². The molecule has 7 heteroatoms. The third-order valence-corrected chi connectivity index (χ3v) is 4.06. The molecule has 148 valence electrons. The minimum atomic E-state index is -0.892. The molecule has 0 aliphatic heterocycles. The van der Waals surface area contributed by atoms with Crippen molar-refractivity contribution in [2.24, 2.45) is 0 Å². The molecule has 0 fully saturated rings. The van der Waals surface area contributed by atoms with Gasteiger partial charge in [0.25, 0.3) is 11.8 Å². The van der Waals surface area contributed by atoms with Crippen molar-refractivity contribution in [2.45, 2.75) is 0 Å². The van der Waals surface area contributed by atoms with E-state index in [1.807, 2.05) is 6.07 Å². The van der Waals surface area contributed by atoms with Gasteiger partial charge in [0.1, 0.15) is 17.2 Å². The van der Waals surface area contributed by atoms with E-state index in [9.17, 15) is 18.4 Å². The molecule has 0 saturated carbocycles. The van der Waals surface area contributed by atoms with Gasteiger partial charge < -0.3 is 10.6 Å². The monoisotopic (exact) mass is 403 g/mol. The van der Waals surface area contributed by atoms with Crippen LogP contribution in [0, 0.1) is 23.0 Å². The molecule has 3 rings (SSSR count). The number of carbonyl (C=O) groups is 2. The van der Waals surface area contributed by atoms with Crippen molar-refractivity contribution in [2.75, 3.05) is 10.6 Å². The molecule has 2 amide bonds. The molecule has 5 nitrogen and oxygen atoms in total. The quantitative estimate of drug-likeness (QED) is 0.374. The van der Waals surface area contributed by atoms with Crippen LogP contribution in [0.25, 0.3) is 6.08 Å². The fraction of sp³-hybridized carbons (Fsp3) is 0. The number of halogens is 2. The lowest BCUT2D eigenvalue weighted by Gasteiger charge is -2.11. The van der Waals surface area contributed by atoms with E-state index in [-0.39, 0.29) is 11.4 Å². The van der Waals surface area contributed by atoms with Crippen LogP contribution in [0.3, 0.4) is 0 Å². The van der Waals surface area contributed by atoms with Crippen LogP contribution in [0.1, 0.15) is 11.1 Å². The Bertz CT molecular complexity index is 1120. The van der Waals surface area contributed by atoms with Crippen LogP contribution in [0.4, 0.5) is 20.2 Å². The minimum absolute atomic E-state index is 0.113. The molecule has 0 spiro atoms. The lowest BCUT2D eigenvalue weighted by molar-refractivity contribution is -0.118. The van der Waals surface area contributed by atoms with E-state index < -0.39 is 29.0 Å². The average Bonchev–Trinajstić information content (AvgIpc) is 2.75. The van der Waals surface area contributed by atoms with E-state index in [0.717, 1.165) is 12.1 Å². The van der Waals surface area contributed by atoms with Crippen LogP contribution in [0.5, 0.6) is 0 Å². The second-order valence-electron chi connectivity index (χ2n) is 6.16.